The number of hydrogen-bond donors (Lipinski definition) is 1. The van der Waals surface area contributed by atoms with Crippen molar-refractivity contribution >= 4 is 29.0 Å². The van der Waals surface area contributed by atoms with Gasteiger partial charge in [-0.15, -0.1) is 23.1 Å². The summed E-state index contributed by atoms with van der Waals surface area (Å²) in [5, 5.41) is 4.45. The van der Waals surface area contributed by atoms with E-state index in [-0.39, 0.29) is 22.5 Å². The Kier molecular flexibility index (Phi) is 5.76. The molecule has 2 rings (SSSR count). The van der Waals surface area contributed by atoms with E-state index in [1.807, 2.05) is 17.5 Å². The van der Waals surface area contributed by atoms with Crippen molar-refractivity contribution in [2.45, 2.75) is 24.5 Å². The molecule has 0 spiro atoms. The van der Waals surface area contributed by atoms with E-state index in [2.05, 4.69) is 5.32 Å². The molecule has 0 aliphatic carbocycles. The van der Waals surface area contributed by atoms with Crippen molar-refractivity contribution < 1.29 is 13.6 Å². The van der Waals surface area contributed by atoms with E-state index in [9.17, 15) is 13.6 Å². The first kappa shape index (κ1) is 16.0. The van der Waals surface area contributed by atoms with Crippen LogP contribution in [0.3, 0.4) is 0 Å². The van der Waals surface area contributed by atoms with Crippen LogP contribution in [-0.4, -0.2) is 11.2 Å². The molecule has 0 unspecified atom stereocenters. The highest BCUT2D eigenvalue weighted by atomic mass is 32.2. The summed E-state index contributed by atoms with van der Waals surface area (Å²) in [5.41, 5.74) is 0.276. The van der Waals surface area contributed by atoms with Crippen molar-refractivity contribution in [2.24, 2.45) is 0 Å². The lowest BCUT2D eigenvalue weighted by Gasteiger charge is -2.12. The quantitative estimate of drug-likeness (QED) is 0.870. The average Bonchev–Trinajstić information content (AvgIpc) is 2.99. The predicted octanol–water partition coefficient (Wildman–Crippen LogP) is 3.96. The first-order chi connectivity index (χ1) is 10.1. The van der Waals surface area contributed by atoms with Gasteiger partial charge in [0.15, 0.2) is 11.6 Å². The topological polar surface area (TPSA) is 29.1 Å². The molecule has 1 atom stereocenters. The molecule has 0 aliphatic rings. The Hall–Kier alpha value is -1.40. The highest BCUT2D eigenvalue weighted by molar-refractivity contribution is 7.99. The minimum atomic E-state index is -0.858. The number of thiophene rings is 1. The van der Waals surface area contributed by atoms with Gasteiger partial charge in [-0.3, -0.25) is 4.79 Å². The number of carbonyl (C=O) groups is 1. The fraction of sp³-hybridized carbons (Fsp3) is 0.267. The highest BCUT2D eigenvalue weighted by Gasteiger charge is 2.15. The second kappa shape index (κ2) is 7.56. The molecule has 0 fully saturated rings. The maximum atomic E-state index is 13.5. The SMILES string of the molecule is C[C@H](SCc1cccc(F)c1F)C(=O)NCc1cccs1. The van der Waals surface area contributed by atoms with Crippen molar-refractivity contribution in [1.29, 1.82) is 0 Å². The summed E-state index contributed by atoms with van der Waals surface area (Å²) in [4.78, 5) is 13.0. The van der Waals surface area contributed by atoms with Gasteiger partial charge in [-0.05, 0) is 24.4 Å². The largest absolute Gasteiger partial charge is 0.350 e. The Bertz CT molecular complexity index is 602. The van der Waals surface area contributed by atoms with Gasteiger partial charge in [0, 0.05) is 16.2 Å². The van der Waals surface area contributed by atoms with Crippen molar-refractivity contribution in [3.8, 4) is 0 Å². The van der Waals surface area contributed by atoms with E-state index in [1.54, 1.807) is 18.3 Å². The summed E-state index contributed by atoms with van der Waals surface area (Å²) in [6.07, 6.45) is 0. The minimum absolute atomic E-state index is 0.106. The lowest BCUT2D eigenvalue weighted by molar-refractivity contribution is -0.120. The molecule has 0 bridgehead atoms. The molecule has 1 N–H and O–H groups in total. The van der Waals surface area contributed by atoms with Crippen molar-refractivity contribution in [3.05, 3.63) is 57.8 Å². The molecule has 2 aromatic rings. The van der Waals surface area contributed by atoms with E-state index in [4.69, 9.17) is 0 Å². The third kappa shape index (κ3) is 4.54. The van der Waals surface area contributed by atoms with Crippen LogP contribution in [0.25, 0.3) is 0 Å². The lowest BCUT2D eigenvalue weighted by atomic mass is 10.2. The van der Waals surface area contributed by atoms with Crippen LogP contribution in [0.5, 0.6) is 0 Å². The number of amides is 1. The molecule has 112 valence electrons. The van der Waals surface area contributed by atoms with Gasteiger partial charge in [0.1, 0.15) is 0 Å². The summed E-state index contributed by atoms with van der Waals surface area (Å²) in [6.45, 7) is 2.25. The normalized spacial score (nSPS) is 12.1. The Labute approximate surface area is 130 Å². The van der Waals surface area contributed by atoms with E-state index in [0.717, 1.165) is 10.9 Å². The van der Waals surface area contributed by atoms with E-state index >= 15 is 0 Å². The number of carbonyl (C=O) groups excluding carboxylic acids is 1. The first-order valence-electron chi connectivity index (χ1n) is 6.42. The van der Waals surface area contributed by atoms with Gasteiger partial charge < -0.3 is 5.32 Å². The molecule has 1 heterocycles. The summed E-state index contributed by atoms with van der Waals surface area (Å²) < 4.78 is 26.6. The van der Waals surface area contributed by atoms with Crippen molar-refractivity contribution in [2.75, 3.05) is 0 Å². The molecule has 0 radical (unpaired) electrons. The van der Waals surface area contributed by atoms with Crippen LogP contribution in [0.4, 0.5) is 8.78 Å². The Morgan fingerprint density at radius 2 is 2.14 bits per heavy atom. The Morgan fingerprint density at radius 1 is 1.33 bits per heavy atom. The Balaban J connectivity index is 1.82. The average molecular weight is 327 g/mol. The number of benzene rings is 1. The molecular weight excluding hydrogens is 312 g/mol. The fourth-order valence-electron chi connectivity index (χ4n) is 1.68. The maximum Gasteiger partial charge on any atom is 0.233 e. The van der Waals surface area contributed by atoms with Gasteiger partial charge in [0.25, 0.3) is 0 Å². The van der Waals surface area contributed by atoms with Crippen LogP contribution in [0, 0.1) is 11.6 Å². The lowest BCUT2D eigenvalue weighted by Crippen LogP contribution is -2.30. The zero-order valence-corrected chi connectivity index (χ0v) is 13.1. The zero-order chi connectivity index (χ0) is 15.2. The fourth-order valence-corrected chi connectivity index (χ4v) is 3.21. The highest BCUT2D eigenvalue weighted by Crippen LogP contribution is 2.21. The van der Waals surface area contributed by atoms with Gasteiger partial charge in [0.05, 0.1) is 11.8 Å². The number of nitrogens with one attached hydrogen (secondary N) is 1. The van der Waals surface area contributed by atoms with Crippen LogP contribution in [-0.2, 0) is 17.1 Å². The predicted molar refractivity (Wildman–Crippen MR) is 83.3 cm³/mol. The van der Waals surface area contributed by atoms with Crippen LogP contribution >= 0.6 is 23.1 Å². The van der Waals surface area contributed by atoms with Crippen LogP contribution in [0.2, 0.25) is 0 Å². The van der Waals surface area contributed by atoms with Gasteiger partial charge in [-0.2, -0.15) is 0 Å². The third-order valence-corrected chi connectivity index (χ3v) is 4.97. The summed E-state index contributed by atoms with van der Waals surface area (Å²) in [7, 11) is 0. The molecule has 6 heteroatoms. The second-order valence-corrected chi connectivity index (χ2v) is 6.82. The molecule has 1 aromatic heterocycles. The van der Waals surface area contributed by atoms with Crippen molar-refractivity contribution in [1.82, 2.24) is 5.32 Å². The number of thioether (sulfide) groups is 1. The molecule has 1 aromatic carbocycles. The van der Waals surface area contributed by atoms with E-state index < -0.39 is 11.6 Å². The maximum absolute atomic E-state index is 13.5. The van der Waals surface area contributed by atoms with Crippen molar-refractivity contribution in [3.63, 3.8) is 0 Å². The standard InChI is InChI=1S/C15H15F2NOS2/c1-10(15(19)18-8-12-5-3-7-20-12)21-9-11-4-2-6-13(16)14(11)17/h2-7,10H,8-9H2,1H3,(H,18,19)/t10-/m0/s1. The smallest absolute Gasteiger partial charge is 0.233 e. The molecule has 1 amide bonds. The molecular formula is C15H15F2NOS2. The van der Waals surface area contributed by atoms with Gasteiger partial charge in [-0.25, -0.2) is 8.78 Å². The van der Waals surface area contributed by atoms with E-state index in [1.165, 1.54) is 23.9 Å². The molecule has 21 heavy (non-hydrogen) atoms. The van der Waals surface area contributed by atoms with Gasteiger partial charge in [-0.1, -0.05) is 18.2 Å². The van der Waals surface area contributed by atoms with Crippen LogP contribution < -0.4 is 5.32 Å². The van der Waals surface area contributed by atoms with Crippen LogP contribution in [0.15, 0.2) is 35.7 Å². The second-order valence-electron chi connectivity index (χ2n) is 4.46. The third-order valence-electron chi connectivity index (χ3n) is 2.91. The molecule has 0 saturated heterocycles. The zero-order valence-electron chi connectivity index (χ0n) is 11.4. The molecule has 0 saturated carbocycles. The van der Waals surface area contributed by atoms with Gasteiger partial charge in [0.2, 0.25) is 5.91 Å². The minimum Gasteiger partial charge on any atom is -0.350 e. The molecule has 0 aliphatic heterocycles. The monoisotopic (exact) mass is 327 g/mol. The number of rotatable bonds is 6. The molecule has 2 nitrogen and oxygen atoms in total. The first-order valence-corrected chi connectivity index (χ1v) is 8.35. The van der Waals surface area contributed by atoms with Gasteiger partial charge >= 0.3 is 0 Å². The number of hydrogen-bond acceptors (Lipinski definition) is 3. The Morgan fingerprint density at radius 3 is 2.86 bits per heavy atom. The summed E-state index contributed by atoms with van der Waals surface area (Å²) in [5.74, 6) is -1.54. The summed E-state index contributed by atoms with van der Waals surface area (Å²) >= 11 is 2.86. The summed E-state index contributed by atoms with van der Waals surface area (Å²) in [6, 6.07) is 7.96. The van der Waals surface area contributed by atoms with E-state index in [0.29, 0.717) is 6.54 Å². The number of halogens is 2. The van der Waals surface area contributed by atoms with Crippen LogP contribution in [0.1, 0.15) is 17.4 Å².